The Hall–Kier alpha value is -2.56. The summed E-state index contributed by atoms with van der Waals surface area (Å²) in [6.07, 6.45) is 0. The van der Waals surface area contributed by atoms with Crippen molar-refractivity contribution in [3.63, 3.8) is 0 Å². The maximum atomic E-state index is 6.16. The lowest BCUT2D eigenvalue weighted by Gasteiger charge is -2.13. The Kier molecular flexibility index (Phi) is 6.90. The van der Waals surface area contributed by atoms with E-state index >= 15 is 0 Å². The molecule has 0 aliphatic carbocycles. The van der Waals surface area contributed by atoms with E-state index < -0.39 is 0 Å². The first-order valence-electron chi connectivity index (χ1n) is 8.70. The zero-order valence-corrected chi connectivity index (χ0v) is 17.2. The van der Waals surface area contributed by atoms with Crippen molar-refractivity contribution in [3.05, 3.63) is 81.8 Å². The third-order valence-corrected chi connectivity index (χ3v) is 4.69. The van der Waals surface area contributed by atoms with Crippen molar-refractivity contribution in [2.75, 3.05) is 19.5 Å². The van der Waals surface area contributed by atoms with Crippen LogP contribution in [0.25, 0.3) is 0 Å². The number of benzene rings is 3. The van der Waals surface area contributed by atoms with E-state index in [0.29, 0.717) is 40.4 Å². The average Bonchev–Trinajstić information content (AvgIpc) is 2.71. The van der Waals surface area contributed by atoms with Gasteiger partial charge in [-0.1, -0.05) is 41.4 Å². The van der Waals surface area contributed by atoms with Gasteiger partial charge in [0.15, 0.2) is 11.5 Å². The maximum absolute atomic E-state index is 6.16. The van der Waals surface area contributed by atoms with Crippen LogP contribution in [0.4, 0.5) is 5.69 Å². The van der Waals surface area contributed by atoms with Gasteiger partial charge in [-0.05, 0) is 53.6 Å². The Labute approximate surface area is 175 Å². The summed E-state index contributed by atoms with van der Waals surface area (Å²) >= 11 is 12.2. The number of anilines is 1. The van der Waals surface area contributed by atoms with Crippen molar-refractivity contribution < 1.29 is 14.2 Å². The quantitative estimate of drug-likeness (QED) is 0.473. The molecule has 0 saturated heterocycles. The Balaban J connectivity index is 1.64. The number of nitrogens with one attached hydrogen (secondary N) is 1. The van der Waals surface area contributed by atoms with Gasteiger partial charge in [-0.15, -0.1) is 0 Å². The number of ether oxygens (including phenoxy) is 3. The molecule has 0 heterocycles. The van der Waals surface area contributed by atoms with E-state index in [9.17, 15) is 0 Å². The summed E-state index contributed by atoms with van der Waals surface area (Å²) in [7, 11) is 3.22. The largest absolute Gasteiger partial charge is 0.495 e. The van der Waals surface area contributed by atoms with Crippen molar-refractivity contribution >= 4 is 28.9 Å². The van der Waals surface area contributed by atoms with E-state index in [1.807, 2.05) is 60.7 Å². The first kappa shape index (κ1) is 20.2. The number of hydrogen-bond donors (Lipinski definition) is 1. The SMILES string of the molecule is COc1ccc(NCc2ccc(OCc3cccc(Cl)c3)c(OC)c2)cc1Cl. The van der Waals surface area contributed by atoms with Gasteiger partial charge >= 0.3 is 0 Å². The molecule has 0 aliphatic heterocycles. The lowest BCUT2D eigenvalue weighted by molar-refractivity contribution is 0.284. The second kappa shape index (κ2) is 9.58. The van der Waals surface area contributed by atoms with Crippen molar-refractivity contribution in [3.8, 4) is 17.2 Å². The summed E-state index contributed by atoms with van der Waals surface area (Å²) in [6, 6.07) is 19.0. The number of halogens is 2. The molecule has 3 aromatic rings. The second-order valence-electron chi connectivity index (χ2n) is 6.11. The highest BCUT2D eigenvalue weighted by molar-refractivity contribution is 6.32. The van der Waals surface area contributed by atoms with Crippen molar-refractivity contribution in [2.45, 2.75) is 13.2 Å². The predicted octanol–water partition coefficient (Wildman–Crippen LogP) is 6.20. The summed E-state index contributed by atoms with van der Waals surface area (Å²) in [4.78, 5) is 0. The minimum Gasteiger partial charge on any atom is -0.495 e. The molecule has 0 unspecified atom stereocenters. The fourth-order valence-electron chi connectivity index (χ4n) is 2.71. The zero-order chi connectivity index (χ0) is 19.9. The van der Waals surface area contributed by atoms with Gasteiger partial charge in [0.05, 0.1) is 19.2 Å². The van der Waals surface area contributed by atoms with E-state index in [1.165, 1.54) is 0 Å². The van der Waals surface area contributed by atoms with Gasteiger partial charge in [0.1, 0.15) is 12.4 Å². The normalized spacial score (nSPS) is 10.4. The van der Waals surface area contributed by atoms with Crippen LogP contribution in [-0.2, 0) is 13.2 Å². The molecule has 0 aromatic heterocycles. The molecular formula is C22H21Cl2NO3. The summed E-state index contributed by atoms with van der Waals surface area (Å²) in [6.45, 7) is 1.03. The lowest BCUT2D eigenvalue weighted by atomic mass is 10.2. The van der Waals surface area contributed by atoms with Crippen molar-refractivity contribution in [2.24, 2.45) is 0 Å². The molecule has 0 atom stereocenters. The van der Waals surface area contributed by atoms with E-state index in [0.717, 1.165) is 16.8 Å². The highest BCUT2D eigenvalue weighted by Gasteiger charge is 2.07. The number of hydrogen-bond acceptors (Lipinski definition) is 4. The van der Waals surface area contributed by atoms with Gasteiger partial charge in [0.25, 0.3) is 0 Å². The standard InChI is InChI=1S/C22H21Cl2NO3/c1-26-20-9-7-18(12-19(20)24)25-13-15-6-8-21(22(11-15)27-2)28-14-16-4-3-5-17(23)10-16/h3-12,25H,13-14H2,1-2H3. The van der Waals surface area contributed by atoms with Crippen LogP contribution in [0.15, 0.2) is 60.7 Å². The van der Waals surface area contributed by atoms with Gasteiger partial charge in [0, 0.05) is 17.3 Å². The lowest BCUT2D eigenvalue weighted by Crippen LogP contribution is -2.02. The zero-order valence-electron chi connectivity index (χ0n) is 15.7. The highest BCUT2D eigenvalue weighted by atomic mass is 35.5. The summed E-state index contributed by atoms with van der Waals surface area (Å²) < 4.78 is 16.5. The van der Waals surface area contributed by atoms with Gasteiger partial charge in [0.2, 0.25) is 0 Å². The minimum atomic E-state index is 0.416. The smallest absolute Gasteiger partial charge is 0.161 e. The van der Waals surface area contributed by atoms with Gasteiger partial charge in [-0.2, -0.15) is 0 Å². The van der Waals surface area contributed by atoms with Crippen LogP contribution in [-0.4, -0.2) is 14.2 Å². The van der Waals surface area contributed by atoms with Crippen molar-refractivity contribution in [1.29, 1.82) is 0 Å². The van der Waals surface area contributed by atoms with Crippen LogP contribution in [0, 0.1) is 0 Å². The molecule has 0 bridgehead atoms. The van der Waals surface area contributed by atoms with Crippen LogP contribution in [0.1, 0.15) is 11.1 Å². The average molecular weight is 418 g/mol. The second-order valence-corrected chi connectivity index (χ2v) is 6.95. The monoisotopic (exact) mass is 417 g/mol. The molecule has 1 N–H and O–H groups in total. The van der Waals surface area contributed by atoms with Crippen LogP contribution >= 0.6 is 23.2 Å². The van der Waals surface area contributed by atoms with Crippen molar-refractivity contribution in [1.82, 2.24) is 0 Å². The van der Waals surface area contributed by atoms with Crippen LogP contribution in [0.5, 0.6) is 17.2 Å². The van der Waals surface area contributed by atoms with E-state index in [4.69, 9.17) is 37.4 Å². The topological polar surface area (TPSA) is 39.7 Å². The van der Waals surface area contributed by atoms with Gasteiger partial charge in [-0.25, -0.2) is 0 Å². The van der Waals surface area contributed by atoms with E-state index in [-0.39, 0.29) is 0 Å². The summed E-state index contributed by atoms with van der Waals surface area (Å²) in [5.74, 6) is 2.00. The molecule has 28 heavy (non-hydrogen) atoms. The molecule has 4 nitrogen and oxygen atoms in total. The number of methoxy groups -OCH3 is 2. The van der Waals surface area contributed by atoms with Crippen LogP contribution in [0.2, 0.25) is 10.0 Å². The molecule has 0 saturated carbocycles. The van der Waals surface area contributed by atoms with E-state index in [2.05, 4.69) is 5.32 Å². The first-order valence-corrected chi connectivity index (χ1v) is 9.46. The van der Waals surface area contributed by atoms with Gasteiger partial charge < -0.3 is 19.5 Å². The Morgan fingerprint density at radius 2 is 1.57 bits per heavy atom. The fourth-order valence-corrected chi connectivity index (χ4v) is 3.18. The number of rotatable bonds is 8. The molecule has 0 amide bonds. The Morgan fingerprint density at radius 1 is 0.786 bits per heavy atom. The molecule has 0 aliphatic rings. The molecule has 0 spiro atoms. The Morgan fingerprint density at radius 3 is 2.29 bits per heavy atom. The van der Waals surface area contributed by atoms with Crippen LogP contribution in [0.3, 0.4) is 0 Å². The maximum Gasteiger partial charge on any atom is 0.161 e. The molecule has 6 heteroatoms. The fraction of sp³-hybridized carbons (Fsp3) is 0.182. The molecule has 3 rings (SSSR count). The Bertz CT molecular complexity index is 947. The third-order valence-electron chi connectivity index (χ3n) is 4.16. The third kappa shape index (κ3) is 5.24. The molecule has 0 radical (unpaired) electrons. The van der Waals surface area contributed by atoms with Crippen LogP contribution < -0.4 is 19.5 Å². The molecule has 146 valence electrons. The molecule has 3 aromatic carbocycles. The van der Waals surface area contributed by atoms with Gasteiger partial charge in [-0.3, -0.25) is 0 Å². The highest BCUT2D eigenvalue weighted by Crippen LogP contribution is 2.30. The molecular weight excluding hydrogens is 397 g/mol. The summed E-state index contributed by atoms with van der Waals surface area (Å²) in [5, 5.41) is 4.59. The predicted molar refractivity (Wildman–Crippen MR) is 114 cm³/mol. The minimum absolute atomic E-state index is 0.416. The van der Waals surface area contributed by atoms with E-state index in [1.54, 1.807) is 14.2 Å². The molecule has 0 fully saturated rings. The summed E-state index contributed by atoms with van der Waals surface area (Å²) in [5.41, 5.74) is 2.96. The first-order chi connectivity index (χ1) is 13.6.